The third-order valence-corrected chi connectivity index (χ3v) is 3.66. The highest BCUT2D eigenvalue weighted by Gasteiger charge is 2.33. The Labute approximate surface area is 164 Å². The number of rotatable bonds is 2. The van der Waals surface area contributed by atoms with Crippen molar-refractivity contribution >= 4 is 19.4 Å². The number of halogens is 4. The van der Waals surface area contributed by atoms with Crippen LogP contribution in [0.3, 0.4) is 0 Å². The Morgan fingerprint density at radius 1 is 0.750 bits per heavy atom. The Bertz CT molecular complexity index is 761. The number of aromatic hydroxyl groups is 1. The number of hydrogen-bond donors (Lipinski definition) is 1. The summed E-state index contributed by atoms with van der Waals surface area (Å²) in [4.78, 5) is 0. The first-order valence-electron chi connectivity index (χ1n) is 8.89. The third-order valence-electron chi connectivity index (χ3n) is 3.66. The summed E-state index contributed by atoms with van der Waals surface area (Å²) in [5.41, 5.74) is 2.10. The molecule has 2 aromatic rings. The van der Waals surface area contributed by atoms with Crippen LogP contribution < -0.4 is 0 Å². The van der Waals surface area contributed by atoms with Crippen molar-refractivity contribution in [3.8, 4) is 5.75 Å². The van der Waals surface area contributed by atoms with Gasteiger partial charge >= 0.3 is 18.8 Å². The number of phenols is 1. The number of hydrogen-bond acceptors (Lipinski definition) is 1. The summed E-state index contributed by atoms with van der Waals surface area (Å²) >= 11 is 0. The molecule has 1 aromatic carbocycles. The third kappa shape index (κ3) is 9.06. The smallest absolute Gasteiger partial charge is 0.508 e. The minimum atomic E-state index is -6.00. The monoisotopic (exact) mass is 398 g/mol. The molecule has 0 fully saturated rings. The van der Waals surface area contributed by atoms with Gasteiger partial charge in [-0.2, -0.15) is 0 Å². The van der Waals surface area contributed by atoms with Crippen molar-refractivity contribution in [2.75, 3.05) is 0 Å². The second kappa shape index (κ2) is 8.80. The molecule has 0 bridgehead atoms. The fourth-order valence-corrected chi connectivity index (χ4v) is 2.14. The Balaban J connectivity index is 0.000000696. The van der Waals surface area contributed by atoms with Gasteiger partial charge in [0.15, 0.2) is 0 Å². The molecule has 1 N–H and O–H groups in total. The summed E-state index contributed by atoms with van der Waals surface area (Å²) in [5, 5.41) is 9.36. The second-order valence-electron chi connectivity index (χ2n) is 8.54. The molecule has 0 aliphatic rings. The molecule has 0 saturated carbocycles. The molecule has 0 aliphatic carbocycles. The van der Waals surface area contributed by atoms with Crippen molar-refractivity contribution in [3.05, 3.63) is 59.0 Å². The zero-order valence-corrected chi connectivity index (χ0v) is 17.1. The predicted octanol–water partition coefficient (Wildman–Crippen LogP) is 7.33. The van der Waals surface area contributed by atoms with Crippen LogP contribution in [0.25, 0.3) is 12.2 Å². The van der Waals surface area contributed by atoms with Gasteiger partial charge in [-0.3, -0.25) is 0 Å². The van der Waals surface area contributed by atoms with Gasteiger partial charge in [-0.15, -0.1) is 0 Å². The highest BCUT2D eigenvalue weighted by molar-refractivity contribution is 6.50. The number of phenolic OH excluding ortho intramolecular Hbond substituents is 1. The molecule has 7 heteroatoms. The van der Waals surface area contributed by atoms with Crippen molar-refractivity contribution in [2.45, 2.75) is 52.4 Å². The first-order chi connectivity index (χ1) is 12.6. The molecule has 0 unspecified atom stereocenters. The topological polar surface area (TPSA) is 31.5 Å². The maximum atomic E-state index is 9.75. The summed E-state index contributed by atoms with van der Waals surface area (Å²) in [6, 6.07) is 11.4. The Kier molecular flexibility index (Phi) is 7.46. The zero-order valence-electron chi connectivity index (χ0n) is 17.1. The van der Waals surface area contributed by atoms with Crippen LogP contribution in [0.2, 0.25) is 0 Å². The summed E-state index contributed by atoms with van der Waals surface area (Å²) in [6.45, 7) is 13.0. The lowest BCUT2D eigenvalue weighted by Gasteiger charge is -2.14. The SMILES string of the molecule is CC(C)(C)c1cc(C=Cc2ccc(O)cc2)cc(C(C)(C)C)[o+]1.F[B-](F)(F)F. The van der Waals surface area contributed by atoms with Crippen molar-refractivity contribution < 1.29 is 26.8 Å². The van der Waals surface area contributed by atoms with Gasteiger partial charge in [0.05, 0.1) is 10.8 Å². The van der Waals surface area contributed by atoms with Crippen LogP contribution in [-0.2, 0) is 10.8 Å². The Hall–Kier alpha value is -2.31. The van der Waals surface area contributed by atoms with Gasteiger partial charge in [0, 0.05) is 12.1 Å². The highest BCUT2D eigenvalue weighted by atomic mass is 19.5. The molecule has 0 aliphatic heterocycles. The molecule has 154 valence electrons. The minimum absolute atomic E-state index is 0.0393. The van der Waals surface area contributed by atoms with Crippen LogP contribution in [0, 0.1) is 0 Å². The molecule has 0 atom stereocenters. The first kappa shape index (κ1) is 23.7. The summed E-state index contributed by atoms with van der Waals surface area (Å²) in [6.07, 6.45) is 4.14. The molecule has 2 nitrogen and oxygen atoms in total. The normalized spacial score (nSPS) is 12.6. The van der Waals surface area contributed by atoms with Gasteiger partial charge in [0.1, 0.15) is 5.75 Å². The lowest BCUT2D eigenvalue weighted by Crippen LogP contribution is -2.16. The maximum absolute atomic E-state index is 9.75. The Morgan fingerprint density at radius 3 is 1.46 bits per heavy atom. The van der Waals surface area contributed by atoms with E-state index in [0.717, 1.165) is 22.6 Å². The van der Waals surface area contributed by atoms with E-state index >= 15 is 0 Å². The predicted molar refractivity (Wildman–Crippen MR) is 108 cm³/mol. The zero-order chi connectivity index (χ0) is 21.8. The lowest BCUT2D eigenvalue weighted by molar-refractivity contribution is 0.328. The molecule has 1 aromatic heterocycles. The van der Waals surface area contributed by atoms with Crippen molar-refractivity contribution in [1.29, 1.82) is 0 Å². The van der Waals surface area contributed by atoms with Crippen molar-refractivity contribution in [1.82, 2.24) is 0 Å². The number of benzene rings is 1. The summed E-state index contributed by atoms with van der Waals surface area (Å²) in [5.74, 6) is 2.25. The van der Waals surface area contributed by atoms with Crippen LogP contribution in [0.1, 0.15) is 64.2 Å². The van der Waals surface area contributed by atoms with Gasteiger partial charge < -0.3 is 22.4 Å². The average Bonchev–Trinajstić information content (AvgIpc) is 2.51. The van der Waals surface area contributed by atoms with E-state index in [9.17, 15) is 22.4 Å². The lowest BCUT2D eigenvalue weighted by atomic mass is 9.88. The molecular formula is C21H27BF4O2. The molecule has 0 radical (unpaired) electrons. The van der Waals surface area contributed by atoms with Crippen LogP contribution in [0.15, 0.2) is 40.8 Å². The van der Waals surface area contributed by atoms with Crippen molar-refractivity contribution in [3.63, 3.8) is 0 Å². The summed E-state index contributed by atoms with van der Waals surface area (Å²) in [7, 11) is -6.00. The van der Waals surface area contributed by atoms with E-state index in [4.69, 9.17) is 4.42 Å². The molecule has 1 heterocycles. The average molecular weight is 398 g/mol. The minimum Gasteiger partial charge on any atom is -0.508 e. The van der Waals surface area contributed by atoms with E-state index in [1.807, 2.05) is 18.2 Å². The molecule has 0 saturated heterocycles. The van der Waals surface area contributed by atoms with E-state index in [2.05, 4.69) is 59.8 Å². The van der Waals surface area contributed by atoms with Crippen LogP contribution in [0.5, 0.6) is 5.75 Å². The fourth-order valence-electron chi connectivity index (χ4n) is 2.14. The van der Waals surface area contributed by atoms with Crippen LogP contribution in [-0.4, -0.2) is 12.4 Å². The van der Waals surface area contributed by atoms with E-state index in [0.29, 0.717) is 0 Å². The Morgan fingerprint density at radius 2 is 1.11 bits per heavy atom. The molecule has 2 rings (SSSR count). The van der Waals surface area contributed by atoms with Crippen molar-refractivity contribution in [2.24, 2.45) is 0 Å². The quantitative estimate of drug-likeness (QED) is 0.326. The van der Waals surface area contributed by atoms with Gasteiger partial charge in [-0.25, -0.2) is 4.42 Å². The van der Waals surface area contributed by atoms with E-state index in [1.54, 1.807) is 12.1 Å². The molecular weight excluding hydrogens is 371 g/mol. The van der Waals surface area contributed by atoms with E-state index in [-0.39, 0.29) is 16.6 Å². The largest absolute Gasteiger partial charge is 0.673 e. The van der Waals surface area contributed by atoms with Crippen LogP contribution >= 0.6 is 0 Å². The highest BCUT2D eigenvalue weighted by Crippen LogP contribution is 2.31. The van der Waals surface area contributed by atoms with Gasteiger partial charge in [-0.05, 0) is 64.8 Å². The maximum Gasteiger partial charge on any atom is 0.673 e. The van der Waals surface area contributed by atoms with E-state index in [1.165, 1.54) is 0 Å². The van der Waals surface area contributed by atoms with Gasteiger partial charge in [-0.1, -0.05) is 24.3 Å². The fraction of sp³-hybridized carbons (Fsp3) is 0.381. The molecule has 28 heavy (non-hydrogen) atoms. The van der Waals surface area contributed by atoms with Gasteiger partial charge in [0.2, 0.25) is 0 Å². The summed E-state index contributed by atoms with van der Waals surface area (Å²) < 4.78 is 45.1. The van der Waals surface area contributed by atoms with E-state index < -0.39 is 7.25 Å². The van der Waals surface area contributed by atoms with Crippen LogP contribution in [0.4, 0.5) is 17.3 Å². The first-order valence-corrected chi connectivity index (χ1v) is 8.89. The standard InChI is InChI=1S/C21H26O2.BF4/c1-20(2,3)18-13-16(14-19(23-18)21(4,5)6)8-7-15-9-11-17(22)12-10-15;2-1(3,4)5/h7-14H,1-6H3;/q;-1/p+1. The van der Waals surface area contributed by atoms with Gasteiger partial charge in [0.25, 0.3) is 0 Å². The molecule has 0 amide bonds. The molecule has 0 spiro atoms. The second-order valence-corrected chi connectivity index (χ2v) is 8.54.